The van der Waals surface area contributed by atoms with Crippen LogP contribution in [0, 0.1) is 5.92 Å². The first kappa shape index (κ1) is 27.9. The van der Waals surface area contributed by atoms with Crippen molar-refractivity contribution in [3.63, 3.8) is 0 Å². The molecule has 4 heteroatoms. The van der Waals surface area contributed by atoms with Crippen molar-refractivity contribution >= 4 is 29.4 Å². The predicted molar refractivity (Wildman–Crippen MR) is 178 cm³/mol. The van der Waals surface area contributed by atoms with Crippen LogP contribution in [-0.4, -0.2) is 23.8 Å². The minimum absolute atomic E-state index is 0.0710. The number of allylic oxidation sites excluding steroid dienone is 4. The lowest BCUT2D eigenvalue weighted by Gasteiger charge is -2.38. The summed E-state index contributed by atoms with van der Waals surface area (Å²) < 4.78 is 12.5. The van der Waals surface area contributed by atoms with Crippen LogP contribution >= 0.6 is 0 Å². The van der Waals surface area contributed by atoms with Crippen molar-refractivity contribution in [2.24, 2.45) is 5.92 Å². The lowest BCUT2D eigenvalue weighted by atomic mass is 9.69. The zero-order chi connectivity index (χ0) is 30.1. The molecule has 3 nitrogen and oxygen atoms in total. The third kappa shape index (κ3) is 4.59. The normalized spacial score (nSPS) is 19.4. The van der Waals surface area contributed by atoms with Crippen molar-refractivity contribution in [2.75, 3.05) is 0 Å². The monoisotopic (exact) mass is 565 g/mol. The molecule has 2 aliphatic rings. The van der Waals surface area contributed by atoms with Gasteiger partial charge in [-0.05, 0) is 90.6 Å². The second-order valence-corrected chi connectivity index (χ2v) is 13.8. The van der Waals surface area contributed by atoms with Crippen molar-refractivity contribution in [2.45, 2.75) is 64.1 Å². The van der Waals surface area contributed by atoms with Gasteiger partial charge in [0.05, 0.1) is 11.2 Å². The van der Waals surface area contributed by atoms with E-state index in [9.17, 15) is 5.11 Å². The topological polar surface area (TPSA) is 42.6 Å². The molecule has 2 unspecified atom stereocenters. The van der Waals surface area contributed by atoms with E-state index in [2.05, 4.69) is 117 Å². The molecule has 0 fully saturated rings. The van der Waals surface area contributed by atoms with E-state index in [0.29, 0.717) is 11.8 Å². The van der Waals surface area contributed by atoms with Gasteiger partial charge in [0.2, 0.25) is 0 Å². The van der Waals surface area contributed by atoms with Gasteiger partial charge in [-0.25, -0.2) is 0 Å². The highest BCUT2D eigenvalue weighted by Crippen LogP contribution is 2.54. The molecular weight excluding hydrogens is 527 g/mol. The third-order valence-corrected chi connectivity index (χ3v) is 10.1. The van der Waals surface area contributed by atoms with Crippen LogP contribution in [0.4, 0.5) is 0 Å². The molecule has 1 aromatic heterocycles. The molecule has 2 atom stereocenters. The second kappa shape index (κ2) is 9.84. The molecule has 5 aromatic rings. The Bertz CT molecular complexity index is 1920. The molecule has 0 bridgehead atoms. The molecule has 0 saturated carbocycles. The fourth-order valence-electron chi connectivity index (χ4n) is 6.72. The van der Waals surface area contributed by atoms with E-state index in [1.807, 2.05) is 21.3 Å². The van der Waals surface area contributed by atoms with Crippen LogP contribution in [-0.2, 0) is 10.1 Å². The van der Waals surface area contributed by atoms with Gasteiger partial charge in [-0.3, -0.25) is 0 Å². The number of fused-ring (bicyclic) bond motifs is 6. The van der Waals surface area contributed by atoms with E-state index in [-0.39, 0.29) is 5.41 Å². The van der Waals surface area contributed by atoms with Gasteiger partial charge in [0.25, 0.3) is 0 Å². The Kier molecular flexibility index (Phi) is 6.39. The summed E-state index contributed by atoms with van der Waals surface area (Å²) in [6.45, 7) is 12.1. The molecule has 2 aliphatic carbocycles. The Morgan fingerprint density at radius 2 is 1.58 bits per heavy atom. The average molecular weight is 566 g/mol. The van der Waals surface area contributed by atoms with Crippen molar-refractivity contribution in [1.29, 1.82) is 0 Å². The first-order valence-electron chi connectivity index (χ1n) is 15.2. The molecule has 43 heavy (non-hydrogen) atoms. The molecule has 1 radical (unpaired) electrons. The number of rotatable bonds is 6. The number of hydrogen-bond acceptors (Lipinski definition) is 3. The molecule has 0 aliphatic heterocycles. The molecule has 7 rings (SSSR count). The van der Waals surface area contributed by atoms with Gasteiger partial charge in [-0.2, -0.15) is 0 Å². The van der Waals surface area contributed by atoms with Gasteiger partial charge in [0, 0.05) is 16.7 Å². The first-order valence-corrected chi connectivity index (χ1v) is 15.2. The zero-order valence-electron chi connectivity index (χ0n) is 25.8. The van der Waals surface area contributed by atoms with Crippen LogP contribution in [0.2, 0.25) is 0 Å². The largest absolute Gasteiger partial charge is 0.456 e. The van der Waals surface area contributed by atoms with Crippen LogP contribution in [0.5, 0.6) is 0 Å². The SMILES string of the molecule is CC1(C)c2cc(-c3cccc4oc5ccc(-c6ccccc6)cc5c34)ccc2C2C=CC([B]OC(C)(C)C(C)(C)O)=CC21. The number of hydrogen-bond donors (Lipinski definition) is 1. The molecular formula is C39H38BO3. The molecule has 1 heterocycles. The lowest BCUT2D eigenvalue weighted by Crippen LogP contribution is -2.48. The van der Waals surface area contributed by atoms with Crippen molar-refractivity contribution in [1.82, 2.24) is 0 Å². The van der Waals surface area contributed by atoms with Gasteiger partial charge in [-0.1, -0.05) is 104 Å². The van der Waals surface area contributed by atoms with Crippen LogP contribution in [0.1, 0.15) is 58.6 Å². The van der Waals surface area contributed by atoms with Gasteiger partial charge >= 0.3 is 7.48 Å². The molecule has 215 valence electrons. The Morgan fingerprint density at radius 3 is 2.35 bits per heavy atom. The van der Waals surface area contributed by atoms with Gasteiger partial charge in [-0.15, -0.1) is 0 Å². The highest BCUT2D eigenvalue weighted by atomic mass is 16.5. The van der Waals surface area contributed by atoms with Crippen LogP contribution in [0.25, 0.3) is 44.2 Å². The Balaban J connectivity index is 1.26. The molecule has 4 aromatic carbocycles. The summed E-state index contributed by atoms with van der Waals surface area (Å²) in [5.41, 5.74) is 8.68. The standard InChI is InChI=1S/C39H38BO3/c1-37(2)32-22-26(15-18-29(32)30-19-17-27(23-33(30)37)40-43-39(5,6)38(3,4)41)28-13-10-14-35-36(28)31-21-25(16-20-34(31)42-35)24-11-8-7-9-12-24/h7-23,30,33,41H,1-6H3. The lowest BCUT2D eigenvalue weighted by molar-refractivity contribution is -0.0896. The molecule has 0 amide bonds. The minimum Gasteiger partial charge on any atom is -0.456 e. The summed E-state index contributed by atoms with van der Waals surface area (Å²) in [4.78, 5) is 0. The number of benzene rings is 4. The van der Waals surface area contributed by atoms with Crippen LogP contribution < -0.4 is 0 Å². The van der Waals surface area contributed by atoms with Crippen molar-refractivity contribution in [3.05, 3.63) is 120 Å². The van der Waals surface area contributed by atoms with Crippen molar-refractivity contribution in [3.8, 4) is 22.3 Å². The van der Waals surface area contributed by atoms with Gasteiger partial charge in [0.15, 0.2) is 0 Å². The van der Waals surface area contributed by atoms with E-state index in [0.717, 1.165) is 27.4 Å². The summed E-state index contributed by atoms with van der Waals surface area (Å²) in [5, 5.41) is 12.8. The van der Waals surface area contributed by atoms with E-state index >= 15 is 0 Å². The molecule has 0 saturated heterocycles. The molecule has 1 N–H and O–H groups in total. The maximum Gasteiger partial charge on any atom is 0.330 e. The molecule has 0 spiro atoms. The van der Waals surface area contributed by atoms with Crippen molar-refractivity contribution < 1.29 is 14.2 Å². The maximum atomic E-state index is 10.5. The fourth-order valence-corrected chi connectivity index (χ4v) is 6.72. The third-order valence-electron chi connectivity index (χ3n) is 10.1. The highest BCUT2D eigenvalue weighted by molar-refractivity contribution is 6.39. The van der Waals surface area contributed by atoms with Gasteiger partial charge in [0.1, 0.15) is 11.2 Å². The fraction of sp³-hybridized carbons (Fsp3) is 0.282. The minimum atomic E-state index is -0.962. The number of aliphatic hydroxyl groups is 1. The predicted octanol–water partition coefficient (Wildman–Crippen LogP) is 9.55. The van der Waals surface area contributed by atoms with Gasteiger partial charge < -0.3 is 14.2 Å². The zero-order valence-corrected chi connectivity index (χ0v) is 25.8. The average Bonchev–Trinajstić information content (AvgIpc) is 3.47. The second-order valence-electron chi connectivity index (χ2n) is 13.8. The Labute approximate surface area is 255 Å². The summed E-state index contributed by atoms with van der Waals surface area (Å²) in [7, 11) is 1.81. The summed E-state index contributed by atoms with van der Waals surface area (Å²) in [5.74, 6) is 0.624. The first-order chi connectivity index (χ1) is 20.4. The van der Waals surface area contributed by atoms with E-state index in [4.69, 9.17) is 9.07 Å². The summed E-state index contributed by atoms with van der Waals surface area (Å²) in [6, 6.07) is 30.4. The van der Waals surface area contributed by atoms with Crippen LogP contribution in [0.15, 0.2) is 113 Å². The quantitative estimate of drug-likeness (QED) is 0.209. The smallest absolute Gasteiger partial charge is 0.330 e. The van der Waals surface area contributed by atoms with E-state index in [1.54, 1.807) is 13.8 Å². The Hall–Kier alpha value is -3.86. The summed E-state index contributed by atoms with van der Waals surface area (Å²) in [6.07, 6.45) is 6.82. The maximum absolute atomic E-state index is 10.5. The highest BCUT2D eigenvalue weighted by Gasteiger charge is 2.45. The van der Waals surface area contributed by atoms with Crippen LogP contribution in [0.3, 0.4) is 0 Å². The van der Waals surface area contributed by atoms with E-state index in [1.165, 1.54) is 33.4 Å². The number of furan rings is 1. The van der Waals surface area contributed by atoms with E-state index < -0.39 is 11.2 Å². The Morgan fingerprint density at radius 1 is 0.814 bits per heavy atom. The summed E-state index contributed by atoms with van der Waals surface area (Å²) >= 11 is 0.